The number of rotatable bonds is 12. The van der Waals surface area contributed by atoms with Crippen LogP contribution in [0.25, 0.3) is 0 Å². The molecule has 3 rings (SSSR count). The maximum atomic E-state index is 13.4. The first-order chi connectivity index (χ1) is 18.1. The predicted molar refractivity (Wildman–Crippen MR) is 159 cm³/mol. The number of carbonyl (C=O) groups excluding carboxylic acids is 2. The van der Waals surface area contributed by atoms with Gasteiger partial charge in [-0.15, -0.1) is 0 Å². The highest BCUT2D eigenvalue weighted by Crippen LogP contribution is 2.27. The lowest BCUT2D eigenvalue weighted by Crippen LogP contribution is -2.53. The minimum absolute atomic E-state index is 0.180. The van der Waals surface area contributed by atoms with Gasteiger partial charge in [0.05, 0.1) is 24.3 Å². The molecule has 2 amide bonds. The van der Waals surface area contributed by atoms with E-state index in [1.807, 2.05) is 24.3 Å². The average Bonchev–Trinajstić information content (AvgIpc) is 2.86. The number of benzene rings is 2. The molecule has 0 spiro atoms. The Bertz CT molecular complexity index is 1000. The minimum atomic E-state index is -0.197. The SMILES string of the molecule is CC(C)CCOc1ccc(Br)cc1C(=O)NC1CCCCC1NC(=O)c1cc(Br)ccc1OCCC(C)C. The molecule has 0 radical (unpaired) electrons. The first-order valence-electron chi connectivity index (χ1n) is 13.6. The van der Waals surface area contributed by atoms with Gasteiger partial charge in [0.25, 0.3) is 11.8 Å². The summed E-state index contributed by atoms with van der Waals surface area (Å²) in [4.78, 5) is 26.8. The molecule has 0 bridgehead atoms. The zero-order valence-corrected chi connectivity index (χ0v) is 26.0. The molecule has 0 aromatic heterocycles. The van der Waals surface area contributed by atoms with Crippen LogP contribution in [-0.2, 0) is 0 Å². The molecule has 6 nitrogen and oxygen atoms in total. The highest BCUT2D eigenvalue weighted by atomic mass is 79.9. The fourth-order valence-electron chi connectivity index (χ4n) is 4.39. The third-order valence-electron chi connectivity index (χ3n) is 6.68. The van der Waals surface area contributed by atoms with Gasteiger partial charge < -0.3 is 20.1 Å². The molecule has 208 valence electrons. The van der Waals surface area contributed by atoms with Crippen molar-refractivity contribution < 1.29 is 19.1 Å². The van der Waals surface area contributed by atoms with Gasteiger partial charge in [-0.2, -0.15) is 0 Å². The van der Waals surface area contributed by atoms with Gasteiger partial charge in [0.15, 0.2) is 0 Å². The number of hydrogen-bond acceptors (Lipinski definition) is 4. The Morgan fingerprint density at radius 3 is 1.53 bits per heavy atom. The van der Waals surface area contributed by atoms with E-state index in [0.29, 0.717) is 47.7 Å². The lowest BCUT2D eigenvalue weighted by atomic mass is 9.89. The molecular formula is C30H40Br2N2O4. The van der Waals surface area contributed by atoms with Crippen molar-refractivity contribution in [3.05, 3.63) is 56.5 Å². The lowest BCUT2D eigenvalue weighted by Gasteiger charge is -2.33. The van der Waals surface area contributed by atoms with E-state index in [-0.39, 0.29) is 23.9 Å². The van der Waals surface area contributed by atoms with Crippen LogP contribution in [0.2, 0.25) is 0 Å². The monoisotopic (exact) mass is 650 g/mol. The zero-order chi connectivity index (χ0) is 27.7. The molecule has 0 saturated heterocycles. The van der Waals surface area contributed by atoms with Gasteiger partial charge in [-0.3, -0.25) is 9.59 Å². The summed E-state index contributed by atoms with van der Waals surface area (Å²) in [5.41, 5.74) is 0.984. The second-order valence-corrected chi connectivity index (χ2v) is 12.6. The fraction of sp³-hybridized carbons (Fsp3) is 0.533. The maximum absolute atomic E-state index is 13.4. The summed E-state index contributed by atoms with van der Waals surface area (Å²) in [7, 11) is 0. The van der Waals surface area contributed by atoms with E-state index < -0.39 is 0 Å². The van der Waals surface area contributed by atoms with Gasteiger partial charge in [0.1, 0.15) is 11.5 Å². The number of nitrogens with one attached hydrogen (secondary N) is 2. The lowest BCUT2D eigenvalue weighted by molar-refractivity contribution is 0.0858. The van der Waals surface area contributed by atoms with Crippen LogP contribution in [0.5, 0.6) is 11.5 Å². The molecule has 1 aliphatic rings. The zero-order valence-electron chi connectivity index (χ0n) is 22.8. The van der Waals surface area contributed by atoms with E-state index in [9.17, 15) is 9.59 Å². The van der Waals surface area contributed by atoms with E-state index in [1.165, 1.54) is 0 Å². The molecule has 2 atom stereocenters. The Morgan fingerprint density at radius 1 is 0.763 bits per heavy atom. The van der Waals surface area contributed by atoms with Crippen LogP contribution in [0.15, 0.2) is 45.3 Å². The quantitative estimate of drug-likeness (QED) is 0.249. The molecule has 0 aliphatic heterocycles. The molecule has 38 heavy (non-hydrogen) atoms. The van der Waals surface area contributed by atoms with E-state index >= 15 is 0 Å². The molecule has 2 aromatic carbocycles. The van der Waals surface area contributed by atoms with Gasteiger partial charge in [0, 0.05) is 21.0 Å². The molecule has 2 unspecified atom stereocenters. The van der Waals surface area contributed by atoms with Crippen molar-refractivity contribution in [2.45, 2.75) is 78.3 Å². The summed E-state index contributed by atoms with van der Waals surface area (Å²) >= 11 is 6.96. The summed E-state index contributed by atoms with van der Waals surface area (Å²) in [6, 6.07) is 10.6. The topological polar surface area (TPSA) is 76.7 Å². The first-order valence-corrected chi connectivity index (χ1v) is 15.2. The van der Waals surface area contributed by atoms with E-state index in [4.69, 9.17) is 9.47 Å². The average molecular weight is 652 g/mol. The summed E-state index contributed by atoms with van der Waals surface area (Å²) in [5, 5.41) is 6.37. The second-order valence-electron chi connectivity index (χ2n) is 10.8. The Balaban J connectivity index is 1.71. The normalized spacial score (nSPS) is 17.4. The molecule has 2 N–H and O–H groups in total. The molecular weight excluding hydrogens is 612 g/mol. The predicted octanol–water partition coefficient (Wildman–Crippen LogP) is 7.53. The van der Waals surface area contributed by atoms with Crippen LogP contribution in [0.4, 0.5) is 0 Å². The van der Waals surface area contributed by atoms with Crippen LogP contribution in [0.1, 0.15) is 86.9 Å². The fourth-order valence-corrected chi connectivity index (χ4v) is 5.11. The van der Waals surface area contributed by atoms with E-state index in [1.54, 1.807) is 12.1 Å². The van der Waals surface area contributed by atoms with Crippen molar-refractivity contribution in [2.24, 2.45) is 11.8 Å². The van der Waals surface area contributed by atoms with Crippen molar-refractivity contribution in [3.63, 3.8) is 0 Å². The Labute approximate surface area is 243 Å². The van der Waals surface area contributed by atoms with Gasteiger partial charge in [0.2, 0.25) is 0 Å². The summed E-state index contributed by atoms with van der Waals surface area (Å²) < 4.78 is 13.6. The highest BCUT2D eigenvalue weighted by molar-refractivity contribution is 9.10. The van der Waals surface area contributed by atoms with Crippen LogP contribution in [0.3, 0.4) is 0 Å². The summed E-state index contributed by atoms with van der Waals surface area (Å²) in [6.45, 7) is 9.68. The van der Waals surface area contributed by atoms with Gasteiger partial charge in [-0.05, 0) is 73.9 Å². The minimum Gasteiger partial charge on any atom is -0.493 e. The number of hydrogen-bond donors (Lipinski definition) is 2. The van der Waals surface area contributed by atoms with Crippen LogP contribution < -0.4 is 20.1 Å². The van der Waals surface area contributed by atoms with Crippen molar-refractivity contribution >= 4 is 43.7 Å². The number of halogens is 2. The van der Waals surface area contributed by atoms with Crippen molar-refractivity contribution in [2.75, 3.05) is 13.2 Å². The molecule has 1 saturated carbocycles. The molecule has 8 heteroatoms. The van der Waals surface area contributed by atoms with Gasteiger partial charge in [-0.25, -0.2) is 0 Å². The summed E-state index contributed by atoms with van der Waals surface area (Å²) in [6.07, 6.45) is 5.40. The van der Waals surface area contributed by atoms with Crippen molar-refractivity contribution in [1.82, 2.24) is 10.6 Å². The van der Waals surface area contributed by atoms with Crippen LogP contribution in [0, 0.1) is 11.8 Å². The maximum Gasteiger partial charge on any atom is 0.255 e. The number of carbonyl (C=O) groups is 2. The van der Waals surface area contributed by atoms with E-state index in [0.717, 1.165) is 47.5 Å². The highest BCUT2D eigenvalue weighted by Gasteiger charge is 2.30. The van der Waals surface area contributed by atoms with Crippen molar-refractivity contribution in [3.8, 4) is 11.5 Å². The first kappa shape index (κ1) is 30.5. The standard InChI is InChI=1S/C30H40Br2N2O4/c1-19(2)13-15-37-27-11-9-21(31)17-23(27)29(35)33-25-7-5-6-8-26(25)34-30(36)24-18-22(32)10-12-28(24)38-16-14-20(3)4/h9-12,17-20,25-26H,5-8,13-16H2,1-4H3,(H,33,35)(H,34,36). The van der Waals surface area contributed by atoms with Crippen LogP contribution in [-0.4, -0.2) is 37.1 Å². The van der Waals surface area contributed by atoms with E-state index in [2.05, 4.69) is 70.2 Å². The third kappa shape index (κ3) is 9.30. The molecule has 0 heterocycles. The second kappa shape index (κ2) is 14.9. The Morgan fingerprint density at radius 2 is 1.16 bits per heavy atom. The van der Waals surface area contributed by atoms with Gasteiger partial charge in [-0.1, -0.05) is 72.4 Å². The Hall–Kier alpha value is -2.06. The van der Waals surface area contributed by atoms with Crippen molar-refractivity contribution in [1.29, 1.82) is 0 Å². The molecule has 1 aliphatic carbocycles. The summed E-state index contributed by atoms with van der Waals surface area (Å²) in [5.74, 6) is 1.77. The van der Waals surface area contributed by atoms with Crippen LogP contribution >= 0.6 is 31.9 Å². The number of amides is 2. The Kier molecular flexibility index (Phi) is 12.0. The molecule has 2 aromatic rings. The molecule has 1 fully saturated rings. The third-order valence-corrected chi connectivity index (χ3v) is 7.66. The smallest absolute Gasteiger partial charge is 0.255 e. The van der Waals surface area contributed by atoms with Gasteiger partial charge >= 0.3 is 0 Å². The largest absolute Gasteiger partial charge is 0.493 e. The number of ether oxygens (including phenoxy) is 2.